The van der Waals surface area contributed by atoms with Gasteiger partial charge >= 0.3 is 0 Å². The van der Waals surface area contributed by atoms with E-state index in [2.05, 4.69) is 83.7 Å². The summed E-state index contributed by atoms with van der Waals surface area (Å²) in [4.78, 5) is 27.6. The summed E-state index contributed by atoms with van der Waals surface area (Å²) in [7, 11) is -2.71. The number of hydrogen-bond donors (Lipinski definition) is 0. The summed E-state index contributed by atoms with van der Waals surface area (Å²) in [6, 6.07) is 17.6. The molecule has 0 atom stereocenters. The summed E-state index contributed by atoms with van der Waals surface area (Å²) in [5.74, 6) is 3.16. The molecule has 0 radical (unpaired) electrons. The first-order valence-corrected chi connectivity index (χ1v) is 23.0. The van der Waals surface area contributed by atoms with Crippen molar-refractivity contribution in [2.24, 2.45) is 28.6 Å². The van der Waals surface area contributed by atoms with E-state index in [0.717, 1.165) is 24.3 Å². The molecule has 54 heavy (non-hydrogen) atoms. The van der Waals surface area contributed by atoms with E-state index >= 15 is 0 Å². The van der Waals surface area contributed by atoms with E-state index in [1.165, 1.54) is 36.1 Å². The van der Waals surface area contributed by atoms with Gasteiger partial charge in [0.05, 0.1) is 22.6 Å². The number of sulfone groups is 1. The van der Waals surface area contributed by atoms with Gasteiger partial charge in [-0.25, -0.2) is 8.42 Å². The average Bonchev–Trinajstić information content (AvgIpc) is 3.91. The van der Waals surface area contributed by atoms with E-state index in [9.17, 15) is 18.0 Å². The lowest BCUT2D eigenvalue weighted by Gasteiger charge is -2.32. The number of carbonyl (C=O) groups excluding carboxylic acids is 2. The fraction of sp³-hybridized carbons (Fsp3) is 0.702. The van der Waals surface area contributed by atoms with Crippen molar-refractivity contribution in [1.29, 1.82) is 0 Å². The summed E-state index contributed by atoms with van der Waals surface area (Å²) in [5.41, 5.74) is 2.68. The van der Waals surface area contributed by atoms with Crippen LogP contribution in [0.15, 0.2) is 54.6 Å². The molecule has 7 heteroatoms. The average molecular weight is 775 g/mol. The van der Waals surface area contributed by atoms with Crippen LogP contribution in [0.5, 0.6) is 0 Å². The zero-order valence-corrected chi connectivity index (χ0v) is 39.3. The Balaban J connectivity index is -0.000000621. The summed E-state index contributed by atoms with van der Waals surface area (Å²) in [6.07, 6.45) is 5.69. The lowest BCUT2D eigenvalue weighted by molar-refractivity contribution is 0.0600. The summed E-state index contributed by atoms with van der Waals surface area (Å²) < 4.78 is 22.3. The van der Waals surface area contributed by atoms with Gasteiger partial charge in [-0.2, -0.15) is 0 Å². The Morgan fingerprint density at radius 2 is 1.00 bits per heavy atom. The second kappa shape index (κ2) is 29.7. The van der Waals surface area contributed by atoms with Gasteiger partial charge in [-0.15, -0.1) is 0 Å². The molecule has 3 aliphatic rings. The Kier molecular flexibility index (Phi) is 30.7. The molecule has 314 valence electrons. The third-order valence-corrected chi connectivity index (χ3v) is 9.24. The first kappa shape index (κ1) is 55.8. The molecular weight excluding hydrogens is 689 g/mol. The molecule has 2 heterocycles. The molecule has 2 aliphatic heterocycles. The summed E-state index contributed by atoms with van der Waals surface area (Å²) >= 11 is 0. The van der Waals surface area contributed by atoms with Crippen molar-refractivity contribution in [2.75, 3.05) is 37.7 Å². The Labute approximate surface area is 336 Å². The molecule has 1 saturated carbocycles. The minimum atomic E-state index is -2.71. The molecule has 2 aromatic carbocycles. The quantitative estimate of drug-likeness (QED) is 0.273. The van der Waals surface area contributed by atoms with Crippen molar-refractivity contribution < 1.29 is 18.0 Å². The molecule has 5 rings (SSSR count). The second-order valence-electron chi connectivity index (χ2n) is 16.4. The van der Waals surface area contributed by atoms with Crippen LogP contribution < -0.4 is 0 Å². The number of imide groups is 1. The molecule has 2 aromatic rings. The number of carbonyl (C=O) groups is 2. The maximum absolute atomic E-state index is 12.0. The van der Waals surface area contributed by atoms with Crippen LogP contribution in [0.4, 0.5) is 0 Å². The fourth-order valence-corrected chi connectivity index (χ4v) is 6.82. The normalized spacial score (nSPS) is 15.6. The second-order valence-corrected chi connectivity index (χ2v) is 18.8. The molecule has 0 aromatic heterocycles. The van der Waals surface area contributed by atoms with Gasteiger partial charge in [0.15, 0.2) is 9.84 Å². The van der Waals surface area contributed by atoms with Crippen molar-refractivity contribution in [1.82, 2.24) is 9.80 Å². The number of benzene rings is 2. The highest BCUT2D eigenvalue weighted by Crippen LogP contribution is 2.34. The first-order chi connectivity index (χ1) is 25.3. The lowest BCUT2D eigenvalue weighted by atomic mass is 9.96. The van der Waals surface area contributed by atoms with Crippen molar-refractivity contribution >= 4 is 21.7 Å². The number of nitrogens with zero attached hydrogens (tertiary/aromatic N) is 2. The molecule has 0 N–H and O–H groups in total. The van der Waals surface area contributed by atoms with Crippen molar-refractivity contribution in [3.8, 4) is 0 Å². The van der Waals surface area contributed by atoms with Crippen molar-refractivity contribution in [3.63, 3.8) is 0 Å². The third kappa shape index (κ3) is 27.1. The van der Waals surface area contributed by atoms with Crippen molar-refractivity contribution in [2.45, 2.75) is 150 Å². The van der Waals surface area contributed by atoms with Crippen LogP contribution >= 0.6 is 0 Å². The molecule has 0 bridgehead atoms. The van der Waals surface area contributed by atoms with Crippen LogP contribution in [-0.2, 0) is 16.3 Å². The first-order valence-electron chi connectivity index (χ1n) is 21.2. The zero-order chi connectivity index (χ0) is 42.7. The molecule has 1 aliphatic carbocycles. The molecule has 2 fully saturated rings. The van der Waals surface area contributed by atoms with Gasteiger partial charge < -0.3 is 4.90 Å². The lowest BCUT2D eigenvalue weighted by Crippen LogP contribution is -2.43. The largest absolute Gasteiger partial charge is 0.301 e. The SMILES string of the molecule is CC.CC.CC.CC.CC(C)(C)CN1C(=O)c2ccccc2C1=O.CC(C)(C)CN1CCS(=O)(=O)CC1.CC(C)CC1CC1.CC(C)Cc1ccccc1. The monoisotopic (exact) mass is 775 g/mol. The van der Waals surface area contributed by atoms with Gasteiger partial charge in [0, 0.05) is 26.2 Å². The van der Waals surface area contributed by atoms with E-state index in [1.54, 1.807) is 24.3 Å². The Hall–Kier alpha value is -2.51. The van der Waals surface area contributed by atoms with E-state index in [0.29, 0.717) is 42.3 Å². The summed E-state index contributed by atoms with van der Waals surface area (Å²) in [5, 5.41) is 0. The van der Waals surface area contributed by atoms with Crippen LogP contribution in [0.25, 0.3) is 0 Å². The maximum atomic E-state index is 12.0. The Bertz CT molecular complexity index is 1290. The van der Waals surface area contributed by atoms with Gasteiger partial charge in [-0.1, -0.05) is 180 Å². The maximum Gasteiger partial charge on any atom is 0.261 e. The number of rotatable bonds is 6. The number of amides is 2. The van der Waals surface area contributed by atoms with Crippen LogP contribution in [-0.4, -0.2) is 67.7 Å². The topological polar surface area (TPSA) is 74.8 Å². The highest BCUT2D eigenvalue weighted by atomic mass is 32.2. The molecule has 6 nitrogen and oxygen atoms in total. The summed E-state index contributed by atoms with van der Waals surface area (Å²) in [6.45, 7) is 40.5. The Morgan fingerprint density at radius 1 is 0.611 bits per heavy atom. The van der Waals surface area contributed by atoms with E-state index in [4.69, 9.17) is 0 Å². The van der Waals surface area contributed by atoms with Crippen LogP contribution in [0.2, 0.25) is 0 Å². The van der Waals surface area contributed by atoms with E-state index in [-0.39, 0.29) is 22.6 Å². The predicted molar refractivity (Wildman–Crippen MR) is 238 cm³/mol. The zero-order valence-electron chi connectivity index (χ0n) is 38.4. The van der Waals surface area contributed by atoms with Crippen LogP contribution in [0, 0.1) is 28.6 Å². The minimum absolute atomic E-state index is 0.0760. The number of fused-ring (bicyclic) bond motifs is 1. The van der Waals surface area contributed by atoms with Gasteiger partial charge in [-0.3, -0.25) is 14.5 Å². The van der Waals surface area contributed by atoms with Gasteiger partial charge in [-0.05, 0) is 59.1 Å². The molecular formula is C47H86N2O4S. The standard InChI is InChI=1S/C13H15NO2.C10H14.C9H19NO2S.C7H14.4C2H6/c1-13(2,3)8-14-11(15)9-6-4-5-7-10(9)12(14)16;1-9(2)8-10-6-4-3-5-7-10;1-9(2,3)8-10-4-6-13(11,12)7-5-10;1-6(2)5-7-3-4-7;4*1-2/h4-7H,8H2,1-3H3;3-7,9H,8H2,1-2H3;4-8H2,1-3H3;6-7H,3-5H2,1-2H3;4*1-2H3. The molecule has 2 amide bonds. The molecule has 1 saturated heterocycles. The number of hydrogen-bond acceptors (Lipinski definition) is 5. The molecule has 0 unspecified atom stereocenters. The third-order valence-electron chi connectivity index (χ3n) is 7.63. The van der Waals surface area contributed by atoms with Gasteiger partial charge in [0.2, 0.25) is 0 Å². The van der Waals surface area contributed by atoms with Crippen LogP contribution in [0.1, 0.15) is 170 Å². The minimum Gasteiger partial charge on any atom is -0.301 e. The molecule has 0 spiro atoms. The van der Waals surface area contributed by atoms with Gasteiger partial charge in [0.25, 0.3) is 11.8 Å². The van der Waals surface area contributed by atoms with Gasteiger partial charge in [0.1, 0.15) is 0 Å². The van der Waals surface area contributed by atoms with Crippen LogP contribution in [0.3, 0.4) is 0 Å². The Morgan fingerprint density at radius 3 is 1.31 bits per heavy atom. The van der Waals surface area contributed by atoms with E-state index < -0.39 is 9.84 Å². The highest BCUT2D eigenvalue weighted by molar-refractivity contribution is 7.91. The predicted octanol–water partition coefficient (Wildman–Crippen LogP) is 12.5. The fourth-order valence-electron chi connectivity index (χ4n) is 5.54. The van der Waals surface area contributed by atoms with Crippen molar-refractivity contribution in [3.05, 3.63) is 71.3 Å². The van der Waals surface area contributed by atoms with E-state index in [1.807, 2.05) is 76.2 Å². The smallest absolute Gasteiger partial charge is 0.261 e. The highest BCUT2D eigenvalue weighted by Gasteiger charge is 2.37.